The van der Waals surface area contributed by atoms with Crippen molar-refractivity contribution in [2.75, 3.05) is 19.7 Å². The van der Waals surface area contributed by atoms with Gasteiger partial charge in [-0.1, -0.05) is 12.1 Å². The zero-order valence-corrected chi connectivity index (χ0v) is 13.7. The second-order valence-electron chi connectivity index (χ2n) is 6.34. The Hall–Kier alpha value is -3.09. The number of hydrogen-bond acceptors (Lipinski definition) is 8. The largest absolute Gasteiger partial charge is 0.370 e. The van der Waals surface area contributed by atoms with Crippen molar-refractivity contribution in [2.24, 2.45) is 10.9 Å². The number of benzene rings is 1. The molecule has 0 aliphatic carbocycles. The zero-order valence-electron chi connectivity index (χ0n) is 13.7. The molecule has 0 radical (unpaired) electrons. The number of nitriles is 1. The van der Waals surface area contributed by atoms with Gasteiger partial charge < -0.3 is 10.1 Å². The number of morpholine rings is 1. The quantitative estimate of drug-likeness (QED) is 0.714. The van der Waals surface area contributed by atoms with Gasteiger partial charge in [0, 0.05) is 24.6 Å². The summed E-state index contributed by atoms with van der Waals surface area (Å²) in [7, 11) is 0. The van der Waals surface area contributed by atoms with E-state index < -0.39 is 5.92 Å². The number of H-pyrrole nitrogens is 1. The third-order valence-corrected chi connectivity index (χ3v) is 4.92. The van der Waals surface area contributed by atoms with Crippen molar-refractivity contribution in [3.63, 3.8) is 0 Å². The highest BCUT2D eigenvalue weighted by Crippen LogP contribution is 2.43. The number of aliphatic imine (C=N–C) groups is 1. The van der Waals surface area contributed by atoms with E-state index in [1.54, 1.807) is 6.20 Å². The Labute approximate surface area is 148 Å². The predicted octanol–water partition coefficient (Wildman–Crippen LogP) is 1.29. The average molecular weight is 349 g/mol. The molecule has 1 fully saturated rings. The Morgan fingerprint density at radius 3 is 3.04 bits per heavy atom. The van der Waals surface area contributed by atoms with Crippen LogP contribution in [0.5, 0.6) is 0 Å². The van der Waals surface area contributed by atoms with Gasteiger partial charge in [0.05, 0.1) is 30.5 Å². The SMILES string of the molecule is N#CC1C(C2CNCCO2)=Nc2[nH]ncc2C1c1cccc2nonc12. The van der Waals surface area contributed by atoms with Crippen molar-refractivity contribution in [1.29, 1.82) is 5.26 Å². The van der Waals surface area contributed by atoms with Crippen LogP contribution in [0.25, 0.3) is 11.0 Å². The van der Waals surface area contributed by atoms with Crippen molar-refractivity contribution < 1.29 is 9.37 Å². The van der Waals surface area contributed by atoms with Crippen LogP contribution in [0.2, 0.25) is 0 Å². The molecule has 3 atom stereocenters. The summed E-state index contributed by atoms with van der Waals surface area (Å²) < 4.78 is 10.8. The van der Waals surface area contributed by atoms with Crippen molar-refractivity contribution in [3.8, 4) is 6.07 Å². The van der Waals surface area contributed by atoms with E-state index in [4.69, 9.17) is 9.37 Å². The van der Waals surface area contributed by atoms with Crippen LogP contribution in [0.4, 0.5) is 5.82 Å². The molecule has 26 heavy (non-hydrogen) atoms. The minimum atomic E-state index is -0.493. The molecule has 5 rings (SSSR count). The second kappa shape index (κ2) is 6.01. The first-order valence-corrected chi connectivity index (χ1v) is 8.41. The fourth-order valence-electron chi connectivity index (χ4n) is 3.75. The van der Waals surface area contributed by atoms with Crippen LogP contribution in [-0.4, -0.2) is 52.0 Å². The van der Waals surface area contributed by atoms with E-state index in [2.05, 4.69) is 36.9 Å². The van der Waals surface area contributed by atoms with E-state index >= 15 is 0 Å². The third kappa shape index (κ3) is 2.23. The van der Waals surface area contributed by atoms with Gasteiger partial charge in [0.1, 0.15) is 17.1 Å². The standard InChI is InChI=1S/C17H15N7O2/c18-6-10-14(9-2-1-3-12-15(9)24-26-23-12)11-7-20-22-17(11)21-16(10)13-8-19-4-5-25-13/h1-3,7,10,13-14,19H,4-5,8H2,(H,20,22). The van der Waals surface area contributed by atoms with Crippen LogP contribution in [0.1, 0.15) is 17.0 Å². The molecule has 2 N–H and O–H groups in total. The molecule has 130 valence electrons. The lowest BCUT2D eigenvalue weighted by molar-refractivity contribution is 0.0685. The summed E-state index contributed by atoms with van der Waals surface area (Å²) in [6, 6.07) is 8.10. The normalized spacial score (nSPS) is 25.5. The topological polar surface area (TPSA) is 125 Å². The van der Waals surface area contributed by atoms with Crippen LogP contribution in [0.3, 0.4) is 0 Å². The molecule has 3 aromatic rings. The van der Waals surface area contributed by atoms with Crippen molar-refractivity contribution in [3.05, 3.63) is 35.5 Å². The average Bonchev–Trinajstić information content (AvgIpc) is 3.36. The molecule has 2 aromatic heterocycles. The van der Waals surface area contributed by atoms with Crippen LogP contribution >= 0.6 is 0 Å². The van der Waals surface area contributed by atoms with Crippen molar-refractivity contribution in [2.45, 2.75) is 12.0 Å². The second-order valence-corrected chi connectivity index (χ2v) is 6.34. The Kier molecular flexibility index (Phi) is 3.51. The number of aromatic amines is 1. The smallest absolute Gasteiger partial charge is 0.151 e. The maximum atomic E-state index is 10.0. The summed E-state index contributed by atoms with van der Waals surface area (Å²) in [4.78, 5) is 4.68. The highest BCUT2D eigenvalue weighted by Gasteiger charge is 2.40. The maximum Gasteiger partial charge on any atom is 0.151 e. The van der Waals surface area contributed by atoms with Gasteiger partial charge in [-0.2, -0.15) is 10.4 Å². The van der Waals surface area contributed by atoms with E-state index in [1.807, 2.05) is 18.2 Å². The van der Waals surface area contributed by atoms with Crippen molar-refractivity contribution in [1.82, 2.24) is 25.8 Å². The Morgan fingerprint density at radius 1 is 1.23 bits per heavy atom. The minimum absolute atomic E-state index is 0.248. The molecule has 2 aliphatic heterocycles. The number of nitrogens with one attached hydrogen (secondary N) is 2. The molecule has 1 saturated heterocycles. The highest BCUT2D eigenvalue weighted by molar-refractivity contribution is 5.98. The maximum absolute atomic E-state index is 10.0. The molecule has 0 saturated carbocycles. The molecular weight excluding hydrogens is 334 g/mol. The number of aromatic nitrogens is 4. The number of fused-ring (bicyclic) bond motifs is 2. The Bertz CT molecular complexity index is 1030. The summed E-state index contributed by atoms with van der Waals surface area (Å²) in [6.07, 6.45) is 1.47. The third-order valence-electron chi connectivity index (χ3n) is 4.92. The zero-order chi connectivity index (χ0) is 17.5. The lowest BCUT2D eigenvalue weighted by atomic mass is 9.76. The lowest BCUT2D eigenvalue weighted by Crippen LogP contribution is -2.46. The number of ether oxygens (including phenoxy) is 1. The summed E-state index contributed by atoms with van der Waals surface area (Å²) >= 11 is 0. The van der Waals surface area contributed by atoms with E-state index in [0.717, 1.165) is 17.7 Å². The summed E-state index contributed by atoms with van der Waals surface area (Å²) in [6.45, 7) is 2.01. The molecule has 0 spiro atoms. The summed E-state index contributed by atoms with van der Waals surface area (Å²) in [5.41, 5.74) is 3.74. The predicted molar refractivity (Wildman–Crippen MR) is 91.0 cm³/mol. The van der Waals surface area contributed by atoms with Crippen LogP contribution in [-0.2, 0) is 4.74 Å². The van der Waals surface area contributed by atoms with Gasteiger partial charge in [0.2, 0.25) is 0 Å². The lowest BCUT2D eigenvalue weighted by Gasteiger charge is -2.33. The first kappa shape index (κ1) is 15.2. The van der Waals surface area contributed by atoms with Gasteiger partial charge in [-0.05, 0) is 21.9 Å². The number of rotatable bonds is 2. The summed E-state index contributed by atoms with van der Waals surface area (Å²) in [5.74, 6) is -0.117. The van der Waals surface area contributed by atoms with E-state index in [-0.39, 0.29) is 12.0 Å². The Morgan fingerprint density at radius 2 is 2.19 bits per heavy atom. The highest BCUT2D eigenvalue weighted by atomic mass is 16.6. The minimum Gasteiger partial charge on any atom is -0.370 e. The van der Waals surface area contributed by atoms with E-state index in [9.17, 15) is 5.26 Å². The van der Waals surface area contributed by atoms with Crippen LogP contribution in [0, 0.1) is 17.2 Å². The molecule has 0 bridgehead atoms. The van der Waals surface area contributed by atoms with Gasteiger partial charge in [-0.15, -0.1) is 0 Å². The molecule has 0 amide bonds. The molecule has 9 nitrogen and oxygen atoms in total. The molecular formula is C17H15N7O2. The first-order valence-electron chi connectivity index (χ1n) is 8.41. The molecule has 9 heteroatoms. The number of hydrogen-bond donors (Lipinski definition) is 2. The van der Waals surface area contributed by atoms with Gasteiger partial charge >= 0.3 is 0 Å². The van der Waals surface area contributed by atoms with Gasteiger partial charge in [0.15, 0.2) is 5.82 Å². The summed E-state index contributed by atoms with van der Waals surface area (Å²) in [5, 5.41) is 28.3. The Balaban J connectivity index is 1.68. The fourth-order valence-corrected chi connectivity index (χ4v) is 3.75. The van der Waals surface area contributed by atoms with Crippen LogP contribution < -0.4 is 5.32 Å². The van der Waals surface area contributed by atoms with Gasteiger partial charge in [-0.3, -0.25) is 5.10 Å². The van der Waals surface area contributed by atoms with E-state index in [0.29, 0.717) is 35.7 Å². The van der Waals surface area contributed by atoms with Crippen LogP contribution in [0.15, 0.2) is 34.0 Å². The monoisotopic (exact) mass is 349 g/mol. The molecule has 1 aromatic carbocycles. The molecule has 3 unspecified atom stereocenters. The molecule has 4 heterocycles. The first-order chi connectivity index (χ1) is 12.9. The van der Waals surface area contributed by atoms with E-state index in [1.165, 1.54) is 0 Å². The van der Waals surface area contributed by atoms with Gasteiger partial charge in [0.25, 0.3) is 0 Å². The van der Waals surface area contributed by atoms with Gasteiger partial charge in [-0.25, -0.2) is 9.62 Å². The number of nitrogens with zero attached hydrogens (tertiary/aromatic N) is 5. The van der Waals surface area contributed by atoms with Crippen molar-refractivity contribution >= 4 is 22.6 Å². The fraction of sp³-hybridized carbons (Fsp3) is 0.353. The molecule has 2 aliphatic rings.